The Hall–Kier alpha value is -3.80. The molecule has 30 heavy (non-hydrogen) atoms. The summed E-state index contributed by atoms with van der Waals surface area (Å²) in [7, 11) is 2.06. The summed E-state index contributed by atoms with van der Waals surface area (Å²) in [6, 6.07) is 22.2. The Morgan fingerprint density at radius 3 is 2.43 bits per heavy atom. The highest BCUT2D eigenvalue weighted by atomic mass is 15.2. The summed E-state index contributed by atoms with van der Waals surface area (Å²) in [5.41, 5.74) is 4.14. The van der Waals surface area contributed by atoms with Crippen molar-refractivity contribution in [2.24, 2.45) is 0 Å². The molecule has 0 bridgehead atoms. The molecule has 0 fully saturated rings. The van der Waals surface area contributed by atoms with Gasteiger partial charge in [-0.05, 0) is 36.2 Å². The number of nitrogens with one attached hydrogen (secondary N) is 1. The zero-order chi connectivity index (χ0) is 20.6. The van der Waals surface area contributed by atoms with Gasteiger partial charge >= 0.3 is 0 Å². The lowest BCUT2D eigenvalue weighted by atomic mass is 10.1. The van der Waals surface area contributed by atoms with Gasteiger partial charge in [-0.3, -0.25) is 9.97 Å². The predicted octanol–water partition coefficient (Wildman–Crippen LogP) is 4.22. The molecule has 0 spiro atoms. The van der Waals surface area contributed by atoms with Crippen molar-refractivity contribution in [3.63, 3.8) is 0 Å². The summed E-state index contributed by atoms with van der Waals surface area (Å²) in [4.78, 5) is 20.1. The molecule has 0 aliphatic carbocycles. The average molecular weight is 396 g/mol. The standard InChI is InChI=1S/C24H24N6/c1-30(16-12-19-10-14-25-15-11-19)23-17-22(20-7-3-2-4-8-20)28-24(29-23)27-18-21-9-5-6-13-26-21/h2-11,13-15,17H,12,16,18H2,1H3,(H,27,28,29). The van der Waals surface area contributed by atoms with Crippen LogP contribution in [0.15, 0.2) is 85.3 Å². The van der Waals surface area contributed by atoms with E-state index in [-0.39, 0.29) is 0 Å². The van der Waals surface area contributed by atoms with Gasteiger partial charge in [0.2, 0.25) is 5.95 Å². The van der Waals surface area contributed by atoms with Crippen molar-refractivity contribution < 1.29 is 0 Å². The number of pyridine rings is 2. The van der Waals surface area contributed by atoms with Gasteiger partial charge in [0.05, 0.1) is 17.9 Å². The lowest BCUT2D eigenvalue weighted by Crippen LogP contribution is -2.22. The molecule has 150 valence electrons. The number of aromatic nitrogens is 4. The van der Waals surface area contributed by atoms with Gasteiger partial charge in [-0.2, -0.15) is 4.98 Å². The van der Waals surface area contributed by atoms with Crippen LogP contribution in [-0.2, 0) is 13.0 Å². The second-order valence-electron chi connectivity index (χ2n) is 7.00. The fourth-order valence-electron chi connectivity index (χ4n) is 3.10. The minimum Gasteiger partial charge on any atom is -0.359 e. The second kappa shape index (κ2) is 9.60. The first kappa shape index (κ1) is 19.5. The van der Waals surface area contributed by atoms with Gasteiger partial charge in [0.1, 0.15) is 5.82 Å². The number of rotatable bonds is 8. The molecule has 1 aromatic carbocycles. The number of hydrogen-bond acceptors (Lipinski definition) is 6. The molecule has 0 saturated carbocycles. The van der Waals surface area contributed by atoms with E-state index in [9.17, 15) is 0 Å². The quantitative estimate of drug-likeness (QED) is 0.481. The van der Waals surface area contributed by atoms with Gasteiger partial charge in [-0.25, -0.2) is 4.98 Å². The van der Waals surface area contributed by atoms with Crippen LogP contribution in [0, 0.1) is 0 Å². The SMILES string of the molecule is CN(CCc1ccncc1)c1cc(-c2ccccc2)nc(NCc2ccccn2)n1. The van der Waals surface area contributed by atoms with Crippen molar-refractivity contribution >= 4 is 11.8 Å². The number of hydrogen-bond donors (Lipinski definition) is 1. The van der Waals surface area contributed by atoms with E-state index in [2.05, 4.69) is 39.4 Å². The molecule has 0 unspecified atom stereocenters. The van der Waals surface area contributed by atoms with E-state index in [1.807, 2.05) is 67.0 Å². The van der Waals surface area contributed by atoms with Crippen molar-refractivity contribution in [3.8, 4) is 11.3 Å². The first-order chi connectivity index (χ1) is 14.8. The number of nitrogens with zero attached hydrogens (tertiary/aromatic N) is 5. The molecule has 0 aliphatic heterocycles. The van der Waals surface area contributed by atoms with Crippen LogP contribution in [-0.4, -0.2) is 33.5 Å². The van der Waals surface area contributed by atoms with E-state index in [1.165, 1.54) is 5.56 Å². The van der Waals surface area contributed by atoms with E-state index < -0.39 is 0 Å². The Labute approximate surface area is 176 Å². The smallest absolute Gasteiger partial charge is 0.225 e. The molecule has 6 heteroatoms. The highest BCUT2D eigenvalue weighted by Crippen LogP contribution is 2.23. The summed E-state index contributed by atoms with van der Waals surface area (Å²) < 4.78 is 0. The summed E-state index contributed by atoms with van der Waals surface area (Å²) in [5.74, 6) is 1.47. The zero-order valence-electron chi connectivity index (χ0n) is 16.9. The van der Waals surface area contributed by atoms with E-state index in [0.717, 1.165) is 35.7 Å². The largest absolute Gasteiger partial charge is 0.359 e. The lowest BCUT2D eigenvalue weighted by Gasteiger charge is -2.20. The molecule has 4 aromatic rings. The van der Waals surface area contributed by atoms with Crippen LogP contribution in [0.2, 0.25) is 0 Å². The molecule has 3 heterocycles. The number of anilines is 2. The van der Waals surface area contributed by atoms with Gasteiger partial charge in [-0.1, -0.05) is 36.4 Å². The molecule has 0 amide bonds. The van der Waals surface area contributed by atoms with Gasteiger partial charge in [-0.15, -0.1) is 0 Å². The molecule has 4 rings (SSSR count). The van der Waals surface area contributed by atoms with Gasteiger partial charge in [0.15, 0.2) is 0 Å². The molecule has 0 atom stereocenters. The van der Waals surface area contributed by atoms with Crippen LogP contribution >= 0.6 is 0 Å². The van der Waals surface area contributed by atoms with Gasteiger partial charge < -0.3 is 10.2 Å². The first-order valence-electron chi connectivity index (χ1n) is 9.96. The Morgan fingerprint density at radius 2 is 1.67 bits per heavy atom. The van der Waals surface area contributed by atoms with Crippen LogP contribution in [0.25, 0.3) is 11.3 Å². The van der Waals surface area contributed by atoms with Gasteiger partial charge in [0, 0.05) is 43.8 Å². The van der Waals surface area contributed by atoms with E-state index in [1.54, 1.807) is 6.20 Å². The van der Waals surface area contributed by atoms with Gasteiger partial charge in [0.25, 0.3) is 0 Å². The second-order valence-corrected chi connectivity index (χ2v) is 7.00. The van der Waals surface area contributed by atoms with E-state index >= 15 is 0 Å². The maximum absolute atomic E-state index is 4.75. The van der Waals surface area contributed by atoms with Crippen LogP contribution in [0.3, 0.4) is 0 Å². The lowest BCUT2D eigenvalue weighted by molar-refractivity contribution is 0.853. The maximum atomic E-state index is 4.75. The van der Waals surface area contributed by atoms with Crippen molar-refractivity contribution in [1.82, 2.24) is 19.9 Å². The predicted molar refractivity (Wildman–Crippen MR) is 120 cm³/mol. The van der Waals surface area contributed by atoms with Crippen LogP contribution in [0.5, 0.6) is 0 Å². The van der Waals surface area contributed by atoms with Crippen molar-refractivity contribution in [2.45, 2.75) is 13.0 Å². The summed E-state index contributed by atoms with van der Waals surface area (Å²) in [6.45, 7) is 1.41. The average Bonchev–Trinajstić information content (AvgIpc) is 2.83. The highest BCUT2D eigenvalue weighted by Gasteiger charge is 2.11. The minimum absolute atomic E-state index is 0.569. The summed E-state index contributed by atoms with van der Waals surface area (Å²) in [5, 5.41) is 3.32. The molecule has 1 N–H and O–H groups in total. The molecule has 0 radical (unpaired) electrons. The highest BCUT2D eigenvalue weighted by molar-refractivity contribution is 5.64. The first-order valence-corrected chi connectivity index (χ1v) is 9.96. The zero-order valence-corrected chi connectivity index (χ0v) is 16.9. The Kier molecular flexibility index (Phi) is 6.25. The third-order valence-electron chi connectivity index (χ3n) is 4.81. The molecule has 6 nitrogen and oxygen atoms in total. The van der Waals surface area contributed by atoms with Crippen molar-refractivity contribution in [2.75, 3.05) is 23.8 Å². The molecule has 0 saturated heterocycles. The van der Waals surface area contributed by atoms with Crippen molar-refractivity contribution in [3.05, 3.63) is 96.6 Å². The Bertz CT molecular complexity index is 1050. The van der Waals surface area contributed by atoms with Crippen LogP contribution < -0.4 is 10.2 Å². The number of benzene rings is 1. The molecular formula is C24H24N6. The Morgan fingerprint density at radius 1 is 0.867 bits per heavy atom. The van der Waals surface area contributed by atoms with Crippen LogP contribution in [0.4, 0.5) is 11.8 Å². The number of likely N-dealkylation sites (N-methyl/N-ethyl adjacent to an activating group) is 1. The fraction of sp³-hybridized carbons (Fsp3) is 0.167. The topological polar surface area (TPSA) is 66.8 Å². The molecular weight excluding hydrogens is 372 g/mol. The summed E-state index contributed by atoms with van der Waals surface area (Å²) >= 11 is 0. The van der Waals surface area contributed by atoms with Crippen molar-refractivity contribution in [1.29, 1.82) is 0 Å². The third-order valence-corrected chi connectivity index (χ3v) is 4.81. The monoisotopic (exact) mass is 396 g/mol. The third kappa shape index (κ3) is 5.17. The van der Waals surface area contributed by atoms with Crippen LogP contribution in [0.1, 0.15) is 11.3 Å². The van der Waals surface area contributed by atoms with E-state index in [4.69, 9.17) is 9.97 Å². The summed E-state index contributed by atoms with van der Waals surface area (Å²) in [6.07, 6.45) is 6.36. The minimum atomic E-state index is 0.569. The van der Waals surface area contributed by atoms with E-state index in [0.29, 0.717) is 12.5 Å². The Balaban J connectivity index is 1.56. The molecule has 3 aromatic heterocycles. The normalized spacial score (nSPS) is 10.6. The molecule has 0 aliphatic rings. The maximum Gasteiger partial charge on any atom is 0.225 e. The fourth-order valence-corrected chi connectivity index (χ4v) is 3.10.